The average molecular weight is 415 g/mol. The lowest BCUT2D eigenvalue weighted by molar-refractivity contribution is -0.908. The molecule has 1 fully saturated rings. The molecular formula is C22H24FN2O5+. The maximum Gasteiger partial charge on any atom is 0.290 e. The number of nitrogens with zero attached hydrogens (tertiary/aromatic N) is 1. The van der Waals surface area contributed by atoms with Gasteiger partial charge in [0.1, 0.15) is 18.9 Å². The molecule has 8 heteroatoms. The van der Waals surface area contributed by atoms with E-state index >= 15 is 0 Å². The number of ether oxygens (including phenoxy) is 1. The molecule has 158 valence electrons. The van der Waals surface area contributed by atoms with Crippen molar-refractivity contribution in [3.8, 4) is 0 Å². The van der Waals surface area contributed by atoms with Crippen LogP contribution in [-0.2, 0) is 9.53 Å². The summed E-state index contributed by atoms with van der Waals surface area (Å²) in [6.45, 7) is 4.33. The van der Waals surface area contributed by atoms with Gasteiger partial charge < -0.3 is 24.1 Å². The number of hydrogen-bond donors (Lipinski definition) is 2. The first kappa shape index (κ1) is 20.3. The van der Waals surface area contributed by atoms with E-state index in [0.717, 1.165) is 19.6 Å². The van der Waals surface area contributed by atoms with E-state index in [4.69, 9.17) is 9.15 Å². The van der Waals surface area contributed by atoms with E-state index in [0.29, 0.717) is 26.2 Å². The lowest BCUT2D eigenvalue weighted by atomic mass is 9.94. The van der Waals surface area contributed by atoms with Crippen molar-refractivity contribution in [2.75, 3.05) is 39.4 Å². The summed E-state index contributed by atoms with van der Waals surface area (Å²) in [6.07, 6.45) is 1.99. The molecule has 4 rings (SSSR count). The van der Waals surface area contributed by atoms with Gasteiger partial charge in [0.2, 0.25) is 5.78 Å². The number of carbonyl (C=O) groups excluding carboxylic acids is 2. The Balaban J connectivity index is 1.61. The first-order chi connectivity index (χ1) is 14.6. The minimum absolute atomic E-state index is 0.00898. The number of halogens is 1. The number of quaternary nitrogens is 1. The smallest absolute Gasteiger partial charge is 0.290 e. The third-order valence-electron chi connectivity index (χ3n) is 5.62. The number of morpholine rings is 1. The van der Waals surface area contributed by atoms with Gasteiger partial charge in [-0.15, -0.1) is 0 Å². The lowest BCUT2D eigenvalue weighted by Crippen LogP contribution is -3.14. The van der Waals surface area contributed by atoms with Crippen LogP contribution in [0, 0.1) is 5.82 Å². The molecule has 0 spiro atoms. The van der Waals surface area contributed by atoms with Gasteiger partial charge in [-0.2, -0.15) is 0 Å². The van der Waals surface area contributed by atoms with Gasteiger partial charge in [0, 0.05) is 18.5 Å². The van der Waals surface area contributed by atoms with Crippen LogP contribution in [0.1, 0.15) is 28.6 Å². The van der Waals surface area contributed by atoms with Crippen LogP contribution >= 0.6 is 0 Å². The van der Waals surface area contributed by atoms with Crippen molar-refractivity contribution < 1.29 is 33.1 Å². The highest BCUT2D eigenvalue weighted by atomic mass is 19.1. The number of benzene rings is 1. The largest absolute Gasteiger partial charge is 0.503 e. The summed E-state index contributed by atoms with van der Waals surface area (Å²) in [6, 6.07) is 7.99. The molecule has 2 aromatic rings. The van der Waals surface area contributed by atoms with Gasteiger partial charge in [-0.25, -0.2) is 4.39 Å². The number of furan rings is 1. The van der Waals surface area contributed by atoms with Gasteiger partial charge >= 0.3 is 0 Å². The van der Waals surface area contributed by atoms with E-state index in [-0.39, 0.29) is 16.9 Å². The Kier molecular flexibility index (Phi) is 5.96. The topological polar surface area (TPSA) is 84.4 Å². The van der Waals surface area contributed by atoms with E-state index in [1.54, 1.807) is 18.2 Å². The Morgan fingerprint density at radius 2 is 1.97 bits per heavy atom. The first-order valence-electron chi connectivity index (χ1n) is 10.1. The highest BCUT2D eigenvalue weighted by molar-refractivity contribution is 6.15. The second-order valence-corrected chi connectivity index (χ2v) is 7.46. The molecule has 2 aliphatic heterocycles. The number of amides is 1. The average Bonchev–Trinajstić information content (AvgIpc) is 3.38. The molecule has 0 bridgehead atoms. The summed E-state index contributed by atoms with van der Waals surface area (Å²) in [4.78, 5) is 28.6. The Bertz CT molecular complexity index is 950. The Morgan fingerprint density at radius 1 is 1.20 bits per heavy atom. The van der Waals surface area contributed by atoms with Gasteiger partial charge in [0.15, 0.2) is 11.5 Å². The van der Waals surface area contributed by atoms with E-state index in [1.165, 1.54) is 34.3 Å². The number of carbonyl (C=O) groups is 2. The van der Waals surface area contributed by atoms with Crippen molar-refractivity contribution in [3.05, 3.63) is 71.1 Å². The van der Waals surface area contributed by atoms with E-state index < -0.39 is 29.3 Å². The standard InChI is InChI=1S/C22H23FN2O5/c23-16-6-2-1-5-15(16)19-18(20(26)17-7-3-12-30-17)21(27)22(28)25(19)9-4-8-24-10-13-29-14-11-24/h1-3,5-7,12,19,27H,4,8-11,13-14H2/p+1/t19-/m0/s1. The number of ketones is 1. The predicted octanol–water partition coefficient (Wildman–Crippen LogP) is 1.30. The number of hydrogen-bond acceptors (Lipinski definition) is 5. The van der Waals surface area contributed by atoms with Crippen LogP contribution in [0.5, 0.6) is 0 Å². The zero-order valence-corrected chi connectivity index (χ0v) is 16.5. The van der Waals surface area contributed by atoms with Crippen molar-refractivity contribution in [1.82, 2.24) is 4.90 Å². The van der Waals surface area contributed by atoms with Crippen LogP contribution in [-0.4, -0.2) is 61.1 Å². The summed E-state index contributed by atoms with van der Waals surface area (Å²) in [7, 11) is 0. The Hall–Kier alpha value is -2.97. The number of aliphatic hydroxyl groups excluding tert-OH is 1. The third-order valence-corrected chi connectivity index (χ3v) is 5.62. The number of Topliss-reactive ketones (excluding diaryl/α,β-unsaturated/α-hetero) is 1. The van der Waals surface area contributed by atoms with Crippen molar-refractivity contribution in [3.63, 3.8) is 0 Å². The van der Waals surface area contributed by atoms with Crippen LogP contribution in [0.15, 0.2) is 58.4 Å². The zero-order chi connectivity index (χ0) is 21.1. The van der Waals surface area contributed by atoms with E-state index in [2.05, 4.69) is 0 Å². The van der Waals surface area contributed by atoms with Crippen LogP contribution in [0.4, 0.5) is 4.39 Å². The van der Waals surface area contributed by atoms with Crippen LogP contribution < -0.4 is 4.90 Å². The summed E-state index contributed by atoms with van der Waals surface area (Å²) >= 11 is 0. The summed E-state index contributed by atoms with van der Waals surface area (Å²) in [5.41, 5.74) is 0.0160. The lowest BCUT2D eigenvalue weighted by Gasteiger charge is -2.28. The normalized spacial score (nSPS) is 20.2. The summed E-state index contributed by atoms with van der Waals surface area (Å²) < 4.78 is 25.2. The molecule has 1 amide bonds. The molecule has 0 unspecified atom stereocenters. The monoisotopic (exact) mass is 415 g/mol. The number of rotatable bonds is 7. The van der Waals surface area contributed by atoms with Gasteiger partial charge in [-0.1, -0.05) is 18.2 Å². The Labute approximate surface area is 173 Å². The molecule has 1 atom stereocenters. The molecule has 0 radical (unpaired) electrons. The highest BCUT2D eigenvalue weighted by Gasteiger charge is 2.45. The van der Waals surface area contributed by atoms with Gasteiger partial charge in [0.25, 0.3) is 5.91 Å². The molecule has 30 heavy (non-hydrogen) atoms. The van der Waals surface area contributed by atoms with Crippen molar-refractivity contribution in [2.24, 2.45) is 0 Å². The molecule has 7 nitrogen and oxygen atoms in total. The molecule has 2 aliphatic rings. The van der Waals surface area contributed by atoms with Crippen molar-refractivity contribution in [1.29, 1.82) is 0 Å². The first-order valence-corrected chi connectivity index (χ1v) is 10.1. The van der Waals surface area contributed by atoms with Gasteiger partial charge in [0.05, 0.1) is 37.6 Å². The molecule has 2 N–H and O–H groups in total. The fourth-order valence-electron chi connectivity index (χ4n) is 4.09. The van der Waals surface area contributed by atoms with Crippen LogP contribution in [0.3, 0.4) is 0 Å². The van der Waals surface area contributed by atoms with Crippen LogP contribution in [0.2, 0.25) is 0 Å². The fraction of sp³-hybridized carbons (Fsp3) is 0.364. The predicted molar refractivity (Wildman–Crippen MR) is 105 cm³/mol. The summed E-state index contributed by atoms with van der Waals surface area (Å²) in [5.74, 6) is -2.50. The van der Waals surface area contributed by atoms with E-state index in [9.17, 15) is 19.1 Å². The molecule has 1 aromatic heterocycles. The second-order valence-electron chi connectivity index (χ2n) is 7.46. The summed E-state index contributed by atoms with van der Waals surface area (Å²) in [5, 5.41) is 10.5. The molecular weight excluding hydrogens is 391 g/mol. The SMILES string of the molecule is O=C(C1=C(O)C(=O)N(CCC[NH+]2CCOCC2)[C@H]1c1ccccc1F)c1ccco1. The molecule has 1 saturated heterocycles. The Morgan fingerprint density at radius 3 is 2.67 bits per heavy atom. The van der Waals surface area contributed by atoms with Crippen molar-refractivity contribution in [2.45, 2.75) is 12.5 Å². The molecule has 0 saturated carbocycles. The van der Waals surface area contributed by atoms with E-state index in [1.807, 2.05) is 0 Å². The number of aliphatic hydroxyl groups is 1. The quantitative estimate of drug-likeness (QED) is 0.666. The third kappa shape index (κ3) is 3.88. The van der Waals surface area contributed by atoms with Gasteiger partial charge in [-0.3, -0.25) is 9.59 Å². The fourth-order valence-corrected chi connectivity index (χ4v) is 4.09. The second kappa shape index (κ2) is 8.81. The van der Waals surface area contributed by atoms with Crippen molar-refractivity contribution >= 4 is 11.7 Å². The highest BCUT2D eigenvalue weighted by Crippen LogP contribution is 2.39. The molecule has 1 aromatic carbocycles. The maximum absolute atomic E-state index is 14.7. The number of nitrogens with one attached hydrogen (secondary N) is 1. The maximum atomic E-state index is 14.7. The van der Waals surface area contributed by atoms with Crippen LogP contribution in [0.25, 0.3) is 0 Å². The minimum atomic E-state index is -1.00. The van der Waals surface area contributed by atoms with Gasteiger partial charge in [-0.05, 0) is 18.2 Å². The molecule has 3 heterocycles. The minimum Gasteiger partial charge on any atom is -0.503 e. The molecule has 0 aliphatic carbocycles. The zero-order valence-electron chi connectivity index (χ0n) is 16.5.